The van der Waals surface area contributed by atoms with Crippen molar-refractivity contribution >= 4 is 39.6 Å². The van der Waals surface area contributed by atoms with Crippen molar-refractivity contribution in [3.8, 4) is 0 Å². The molecule has 2 rings (SSSR count). The predicted octanol–water partition coefficient (Wildman–Crippen LogP) is 2.28. The second kappa shape index (κ2) is 5.50. The van der Waals surface area contributed by atoms with Crippen molar-refractivity contribution in [1.82, 2.24) is 5.32 Å². The third kappa shape index (κ3) is 2.92. The van der Waals surface area contributed by atoms with Gasteiger partial charge in [-0.1, -0.05) is 15.9 Å². The van der Waals surface area contributed by atoms with Gasteiger partial charge in [0.2, 0.25) is 0 Å². The fraction of sp³-hybridized carbons (Fsp3) is 0.333. The molecule has 1 heterocycles. The number of halogens is 2. The summed E-state index contributed by atoms with van der Waals surface area (Å²) in [6.07, 6.45) is 0.342. The van der Waals surface area contributed by atoms with Crippen LogP contribution in [-0.4, -0.2) is 34.0 Å². The third-order valence-corrected chi connectivity index (χ3v) is 4.64. The van der Waals surface area contributed by atoms with Crippen LogP contribution in [0.4, 0.5) is 4.39 Å². The Morgan fingerprint density at radius 2 is 2.21 bits per heavy atom. The lowest BCUT2D eigenvalue weighted by molar-refractivity contribution is -0.143. The maximum absolute atomic E-state index is 13.6. The standard InChI is InChI=1S/C12H11BrFNO3S/c13-7-1-2-9(14)8(5-7)10(16)15-12(11(17)18)3-4-19-6-12/h1-2,5H,3-4,6H2,(H,15,16)(H,17,18)/t12-/m0/s1. The highest BCUT2D eigenvalue weighted by molar-refractivity contribution is 9.10. The molecule has 0 spiro atoms. The molecule has 0 aliphatic carbocycles. The summed E-state index contributed by atoms with van der Waals surface area (Å²) >= 11 is 4.61. The van der Waals surface area contributed by atoms with E-state index in [-0.39, 0.29) is 5.56 Å². The zero-order valence-corrected chi connectivity index (χ0v) is 12.2. The molecule has 7 heteroatoms. The van der Waals surface area contributed by atoms with E-state index in [9.17, 15) is 19.1 Å². The van der Waals surface area contributed by atoms with E-state index >= 15 is 0 Å². The van der Waals surface area contributed by atoms with Gasteiger partial charge in [-0.2, -0.15) is 11.8 Å². The monoisotopic (exact) mass is 347 g/mol. The Bertz CT molecular complexity index is 532. The highest BCUT2D eigenvalue weighted by Crippen LogP contribution is 2.29. The molecule has 0 aromatic heterocycles. The van der Waals surface area contributed by atoms with Crippen molar-refractivity contribution in [1.29, 1.82) is 0 Å². The largest absolute Gasteiger partial charge is 0.479 e. The molecule has 1 amide bonds. The van der Waals surface area contributed by atoms with Crippen molar-refractivity contribution in [2.45, 2.75) is 12.0 Å². The van der Waals surface area contributed by atoms with Crippen molar-refractivity contribution in [3.05, 3.63) is 34.1 Å². The predicted molar refractivity (Wildman–Crippen MR) is 73.9 cm³/mol. The molecule has 1 atom stereocenters. The highest BCUT2D eigenvalue weighted by Gasteiger charge is 2.43. The molecule has 4 nitrogen and oxygen atoms in total. The average Bonchev–Trinajstić information content (AvgIpc) is 2.82. The number of nitrogens with one attached hydrogen (secondary N) is 1. The Morgan fingerprint density at radius 1 is 1.47 bits per heavy atom. The quantitative estimate of drug-likeness (QED) is 0.880. The van der Waals surface area contributed by atoms with E-state index in [1.54, 1.807) is 0 Å². The van der Waals surface area contributed by atoms with Crippen LogP contribution >= 0.6 is 27.7 Å². The van der Waals surface area contributed by atoms with E-state index in [1.165, 1.54) is 23.9 Å². The van der Waals surface area contributed by atoms with Gasteiger partial charge in [0.1, 0.15) is 11.4 Å². The van der Waals surface area contributed by atoms with E-state index in [4.69, 9.17) is 0 Å². The molecule has 19 heavy (non-hydrogen) atoms. The van der Waals surface area contributed by atoms with Gasteiger partial charge >= 0.3 is 5.97 Å². The molecule has 2 N–H and O–H groups in total. The van der Waals surface area contributed by atoms with Crippen LogP contribution in [0.1, 0.15) is 16.8 Å². The lowest BCUT2D eigenvalue weighted by Gasteiger charge is -2.24. The van der Waals surface area contributed by atoms with Gasteiger partial charge in [-0.3, -0.25) is 4.79 Å². The van der Waals surface area contributed by atoms with Crippen LogP contribution in [-0.2, 0) is 4.79 Å². The van der Waals surface area contributed by atoms with Gasteiger partial charge in [-0.25, -0.2) is 9.18 Å². The molecule has 0 unspecified atom stereocenters. The number of carboxylic acids is 1. The summed E-state index contributed by atoms with van der Waals surface area (Å²) in [5.74, 6) is -1.51. The molecule has 1 aromatic rings. The zero-order chi connectivity index (χ0) is 14.0. The van der Waals surface area contributed by atoms with Gasteiger partial charge in [-0.05, 0) is 30.4 Å². The van der Waals surface area contributed by atoms with Gasteiger partial charge in [0, 0.05) is 10.2 Å². The molecule has 0 radical (unpaired) electrons. The Hall–Kier alpha value is -1.08. The van der Waals surface area contributed by atoms with Crippen LogP contribution in [0.25, 0.3) is 0 Å². The minimum atomic E-state index is -1.30. The Morgan fingerprint density at radius 3 is 2.79 bits per heavy atom. The van der Waals surface area contributed by atoms with Gasteiger partial charge in [0.05, 0.1) is 5.56 Å². The third-order valence-electron chi connectivity index (χ3n) is 2.96. The summed E-state index contributed by atoms with van der Waals surface area (Å²) in [6, 6.07) is 3.97. The average molecular weight is 348 g/mol. The van der Waals surface area contributed by atoms with Gasteiger partial charge in [-0.15, -0.1) is 0 Å². The number of aliphatic carboxylic acids is 1. The van der Waals surface area contributed by atoms with E-state index in [2.05, 4.69) is 21.2 Å². The topological polar surface area (TPSA) is 66.4 Å². The first-order valence-corrected chi connectivity index (χ1v) is 7.48. The van der Waals surface area contributed by atoms with Gasteiger partial charge in [0.25, 0.3) is 5.91 Å². The fourth-order valence-electron chi connectivity index (χ4n) is 1.84. The molecule has 1 aromatic carbocycles. The van der Waals surface area contributed by atoms with E-state index in [0.717, 1.165) is 6.07 Å². The molecule has 102 valence electrons. The summed E-state index contributed by atoms with van der Waals surface area (Å²) in [5.41, 5.74) is -1.46. The van der Waals surface area contributed by atoms with Crippen molar-refractivity contribution < 1.29 is 19.1 Å². The second-order valence-corrected chi connectivity index (χ2v) is 6.29. The number of amides is 1. The molecule has 0 saturated carbocycles. The van der Waals surface area contributed by atoms with Crippen LogP contribution in [0, 0.1) is 5.82 Å². The highest BCUT2D eigenvalue weighted by atomic mass is 79.9. The van der Waals surface area contributed by atoms with E-state index in [1.807, 2.05) is 0 Å². The molecule has 1 aliphatic rings. The van der Waals surface area contributed by atoms with Crippen molar-refractivity contribution in [2.75, 3.05) is 11.5 Å². The maximum Gasteiger partial charge on any atom is 0.330 e. The molecule has 1 saturated heterocycles. The van der Waals surface area contributed by atoms with E-state index in [0.29, 0.717) is 22.4 Å². The number of hydrogen-bond donors (Lipinski definition) is 2. The number of benzene rings is 1. The van der Waals surface area contributed by atoms with Crippen LogP contribution in [0.2, 0.25) is 0 Å². The first-order valence-electron chi connectivity index (χ1n) is 5.53. The first kappa shape index (κ1) is 14.3. The summed E-state index contributed by atoms with van der Waals surface area (Å²) in [5, 5.41) is 11.7. The number of rotatable bonds is 3. The zero-order valence-electron chi connectivity index (χ0n) is 9.78. The number of carboxylic acid groups (broad SMARTS) is 1. The van der Waals surface area contributed by atoms with Crippen LogP contribution in [0.3, 0.4) is 0 Å². The van der Waals surface area contributed by atoms with Crippen LogP contribution < -0.4 is 5.32 Å². The number of hydrogen-bond acceptors (Lipinski definition) is 3. The van der Waals surface area contributed by atoms with E-state index < -0.39 is 23.2 Å². The smallest absolute Gasteiger partial charge is 0.330 e. The number of thioether (sulfide) groups is 1. The summed E-state index contributed by atoms with van der Waals surface area (Å²) in [6.45, 7) is 0. The minimum Gasteiger partial charge on any atom is -0.479 e. The Balaban J connectivity index is 2.25. The molecular formula is C12H11BrFNO3S. The van der Waals surface area contributed by atoms with Gasteiger partial charge < -0.3 is 10.4 Å². The Kier molecular flexibility index (Phi) is 4.15. The molecule has 1 fully saturated rings. The maximum atomic E-state index is 13.6. The first-order chi connectivity index (χ1) is 8.94. The lowest BCUT2D eigenvalue weighted by Crippen LogP contribution is -2.54. The van der Waals surface area contributed by atoms with Crippen molar-refractivity contribution in [3.63, 3.8) is 0 Å². The summed E-state index contributed by atoms with van der Waals surface area (Å²) < 4.78 is 14.1. The number of carbonyl (C=O) groups is 2. The summed E-state index contributed by atoms with van der Waals surface area (Å²) in [4.78, 5) is 23.3. The lowest BCUT2D eigenvalue weighted by atomic mass is 9.98. The Labute approximate surface area is 121 Å². The summed E-state index contributed by atoms with van der Waals surface area (Å²) in [7, 11) is 0. The second-order valence-electron chi connectivity index (χ2n) is 4.27. The van der Waals surface area contributed by atoms with Crippen molar-refractivity contribution in [2.24, 2.45) is 0 Å². The minimum absolute atomic E-state index is 0.160. The normalized spacial score (nSPS) is 22.2. The number of carbonyl (C=O) groups excluding carboxylic acids is 1. The van der Waals surface area contributed by atoms with Gasteiger partial charge in [0.15, 0.2) is 0 Å². The van der Waals surface area contributed by atoms with Crippen LogP contribution in [0.15, 0.2) is 22.7 Å². The molecule has 1 aliphatic heterocycles. The fourth-order valence-corrected chi connectivity index (χ4v) is 3.53. The van der Waals surface area contributed by atoms with Crippen LogP contribution in [0.5, 0.6) is 0 Å². The molecular weight excluding hydrogens is 337 g/mol. The SMILES string of the molecule is O=C(N[C@@]1(C(=O)O)CCSC1)c1cc(Br)ccc1F. The molecule has 0 bridgehead atoms.